The highest BCUT2D eigenvalue weighted by molar-refractivity contribution is 6.20. The van der Waals surface area contributed by atoms with Gasteiger partial charge in [-0.25, -0.2) is 0 Å². The van der Waals surface area contributed by atoms with E-state index < -0.39 is 23.9 Å². The third-order valence-corrected chi connectivity index (χ3v) is 4.96. The Balaban J connectivity index is 1.92. The zero-order valence-corrected chi connectivity index (χ0v) is 12.1. The molecule has 2 fully saturated rings. The number of nitrogens with one attached hydrogen (secondary N) is 1. The van der Waals surface area contributed by atoms with E-state index in [2.05, 4.69) is 5.32 Å². The summed E-state index contributed by atoms with van der Waals surface area (Å²) in [4.78, 5) is 12.2. The van der Waals surface area contributed by atoms with Gasteiger partial charge in [0.05, 0.1) is 5.92 Å². The summed E-state index contributed by atoms with van der Waals surface area (Å²) in [6.07, 6.45) is 0.601. The van der Waals surface area contributed by atoms with Crippen molar-refractivity contribution in [2.45, 2.75) is 69.0 Å². The molecule has 0 heterocycles. The highest BCUT2D eigenvalue weighted by Crippen LogP contribution is 2.41. The third kappa shape index (κ3) is 4.03. The summed E-state index contributed by atoms with van der Waals surface area (Å²) in [5.74, 6) is -2.79. The van der Waals surface area contributed by atoms with Gasteiger partial charge in [0.1, 0.15) is 0 Å². The molecule has 0 aromatic carbocycles. The lowest BCUT2D eigenvalue weighted by Crippen LogP contribution is -2.46. The van der Waals surface area contributed by atoms with Crippen LogP contribution in [0.3, 0.4) is 0 Å². The van der Waals surface area contributed by atoms with Crippen LogP contribution >= 0.6 is 11.6 Å². The summed E-state index contributed by atoms with van der Waals surface area (Å²) >= 11 is 5.99. The van der Waals surface area contributed by atoms with Gasteiger partial charge in [-0.15, -0.1) is 11.6 Å². The van der Waals surface area contributed by atoms with E-state index in [1.165, 1.54) is 0 Å². The lowest BCUT2D eigenvalue weighted by Gasteiger charge is -2.34. The molecule has 0 bridgehead atoms. The van der Waals surface area contributed by atoms with Crippen LogP contribution < -0.4 is 5.32 Å². The molecule has 2 nitrogen and oxygen atoms in total. The zero-order valence-electron chi connectivity index (χ0n) is 11.4. The standard InChI is InChI=1S/C14H21ClF3NO/c15-9-5-7-10(8-6-9)19-13(20)11-3-1-2-4-12(11)14(16,17)18/h9-12H,1-8H2,(H,19,20). The van der Waals surface area contributed by atoms with Gasteiger partial charge >= 0.3 is 6.18 Å². The summed E-state index contributed by atoms with van der Waals surface area (Å²) < 4.78 is 39.0. The monoisotopic (exact) mass is 311 g/mol. The molecular formula is C14H21ClF3NO. The Morgan fingerprint density at radius 3 is 2.20 bits per heavy atom. The van der Waals surface area contributed by atoms with Crippen LogP contribution in [-0.2, 0) is 4.79 Å². The minimum Gasteiger partial charge on any atom is -0.353 e. The van der Waals surface area contributed by atoms with Crippen LogP contribution in [0.4, 0.5) is 13.2 Å². The minimum atomic E-state index is -4.27. The second-order valence-electron chi connectivity index (χ2n) is 6.00. The van der Waals surface area contributed by atoms with Crippen molar-refractivity contribution < 1.29 is 18.0 Å². The number of rotatable bonds is 2. The smallest absolute Gasteiger partial charge is 0.353 e. The predicted octanol–water partition coefficient (Wildman–Crippen LogP) is 4.02. The maximum Gasteiger partial charge on any atom is 0.392 e. The van der Waals surface area contributed by atoms with Gasteiger partial charge in [-0.05, 0) is 38.5 Å². The molecule has 1 N–H and O–H groups in total. The van der Waals surface area contributed by atoms with Gasteiger partial charge in [-0.2, -0.15) is 13.2 Å². The fourth-order valence-electron chi connectivity index (χ4n) is 3.34. The average Bonchev–Trinajstić information content (AvgIpc) is 2.40. The number of amides is 1. The number of halogens is 4. The van der Waals surface area contributed by atoms with E-state index >= 15 is 0 Å². The molecule has 0 aliphatic heterocycles. The molecule has 2 rings (SSSR count). The van der Waals surface area contributed by atoms with Crippen molar-refractivity contribution in [1.29, 1.82) is 0 Å². The van der Waals surface area contributed by atoms with Gasteiger partial charge in [-0.3, -0.25) is 4.79 Å². The van der Waals surface area contributed by atoms with Crippen molar-refractivity contribution >= 4 is 17.5 Å². The molecule has 1 amide bonds. The van der Waals surface area contributed by atoms with Crippen LogP contribution in [0.25, 0.3) is 0 Å². The predicted molar refractivity (Wildman–Crippen MR) is 71.5 cm³/mol. The molecule has 2 unspecified atom stereocenters. The van der Waals surface area contributed by atoms with Crippen LogP contribution in [0, 0.1) is 11.8 Å². The molecule has 2 atom stereocenters. The third-order valence-electron chi connectivity index (χ3n) is 4.53. The molecule has 0 saturated heterocycles. The topological polar surface area (TPSA) is 29.1 Å². The van der Waals surface area contributed by atoms with Gasteiger partial charge in [0.15, 0.2) is 0 Å². The molecule has 116 valence electrons. The molecule has 0 spiro atoms. The Labute approximate surface area is 122 Å². The Morgan fingerprint density at radius 1 is 1.00 bits per heavy atom. The second kappa shape index (κ2) is 6.54. The summed E-state index contributed by atoms with van der Waals surface area (Å²) in [7, 11) is 0. The van der Waals surface area contributed by atoms with Crippen LogP contribution in [0.5, 0.6) is 0 Å². The Bertz CT molecular complexity index is 340. The van der Waals surface area contributed by atoms with Crippen LogP contribution in [0.2, 0.25) is 0 Å². The van der Waals surface area contributed by atoms with E-state index in [4.69, 9.17) is 11.6 Å². The maximum absolute atomic E-state index is 13.0. The summed E-state index contributed by atoms with van der Waals surface area (Å²) in [6, 6.07) is -0.00619. The van der Waals surface area contributed by atoms with Gasteiger partial charge in [0.25, 0.3) is 0 Å². The van der Waals surface area contributed by atoms with Crippen molar-refractivity contribution in [1.82, 2.24) is 5.32 Å². The first-order valence-corrected chi connectivity index (χ1v) is 7.82. The number of carbonyl (C=O) groups excluding carboxylic acids is 1. The Morgan fingerprint density at radius 2 is 1.60 bits per heavy atom. The number of carbonyl (C=O) groups is 1. The molecule has 0 radical (unpaired) electrons. The maximum atomic E-state index is 13.0. The number of hydrogen-bond acceptors (Lipinski definition) is 1. The SMILES string of the molecule is O=C(NC1CCC(Cl)CC1)C1CCCCC1C(F)(F)F. The summed E-state index contributed by atoms with van der Waals surface area (Å²) in [6.45, 7) is 0. The van der Waals surface area contributed by atoms with Gasteiger partial charge in [0, 0.05) is 17.3 Å². The van der Waals surface area contributed by atoms with E-state index in [1.807, 2.05) is 0 Å². The van der Waals surface area contributed by atoms with Crippen molar-refractivity contribution in [2.75, 3.05) is 0 Å². The molecular weight excluding hydrogens is 291 g/mol. The van der Waals surface area contributed by atoms with Crippen LogP contribution in [0.1, 0.15) is 51.4 Å². The fourth-order valence-corrected chi connectivity index (χ4v) is 3.59. The van der Waals surface area contributed by atoms with Crippen LogP contribution in [0.15, 0.2) is 0 Å². The summed E-state index contributed by atoms with van der Waals surface area (Å²) in [5.41, 5.74) is 0. The van der Waals surface area contributed by atoms with E-state index in [-0.39, 0.29) is 17.8 Å². The average molecular weight is 312 g/mol. The Hall–Kier alpha value is -0.450. The first kappa shape index (κ1) is 15.9. The van der Waals surface area contributed by atoms with Crippen molar-refractivity contribution in [3.8, 4) is 0 Å². The van der Waals surface area contributed by atoms with Gasteiger partial charge in [0.2, 0.25) is 5.91 Å². The van der Waals surface area contributed by atoms with E-state index in [1.54, 1.807) is 0 Å². The van der Waals surface area contributed by atoms with Crippen molar-refractivity contribution in [2.24, 2.45) is 11.8 Å². The second-order valence-corrected chi connectivity index (χ2v) is 6.61. The fraction of sp³-hybridized carbons (Fsp3) is 0.929. The molecule has 0 aromatic heterocycles. The van der Waals surface area contributed by atoms with E-state index in [0.717, 1.165) is 25.7 Å². The Kier molecular flexibility index (Phi) is 5.21. The highest BCUT2D eigenvalue weighted by Gasteiger charge is 2.48. The van der Waals surface area contributed by atoms with E-state index in [0.29, 0.717) is 19.3 Å². The lowest BCUT2D eigenvalue weighted by molar-refractivity contribution is -0.198. The zero-order chi connectivity index (χ0) is 14.8. The van der Waals surface area contributed by atoms with Crippen molar-refractivity contribution in [3.63, 3.8) is 0 Å². The van der Waals surface area contributed by atoms with Gasteiger partial charge in [-0.1, -0.05) is 12.8 Å². The normalized spacial score (nSPS) is 35.6. The van der Waals surface area contributed by atoms with E-state index in [9.17, 15) is 18.0 Å². The highest BCUT2D eigenvalue weighted by atomic mass is 35.5. The molecule has 6 heteroatoms. The largest absolute Gasteiger partial charge is 0.392 e. The van der Waals surface area contributed by atoms with Crippen LogP contribution in [-0.4, -0.2) is 23.5 Å². The number of alkyl halides is 4. The molecule has 2 saturated carbocycles. The number of hydrogen-bond donors (Lipinski definition) is 1. The molecule has 20 heavy (non-hydrogen) atoms. The molecule has 2 aliphatic carbocycles. The first-order valence-electron chi connectivity index (χ1n) is 7.39. The summed E-state index contributed by atoms with van der Waals surface area (Å²) in [5, 5.41) is 2.95. The molecule has 2 aliphatic rings. The minimum absolute atomic E-state index is 0.00619. The first-order chi connectivity index (χ1) is 9.38. The van der Waals surface area contributed by atoms with Gasteiger partial charge < -0.3 is 5.32 Å². The lowest BCUT2D eigenvalue weighted by atomic mass is 9.78. The van der Waals surface area contributed by atoms with Crippen molar-refractivity contribution in [3.05, 3.63) is 0 Å². The quantitative estimate of drug-likeness (QED) is 0.767. The molecule has 0 aromatic rings.